The first-order valence-corrected chi connectivity index (χ1v) is 32.4. The number of benzene rings is 3. The molecule has 3 aromatic carbocycles. The highest BCUT2D eigenvalue weighted by atomic mass is 19.2. The summed E-state index contributed by atoms with van der Waals surface area (Å²) in [5, 5.41) is 0. The summed E-state index contributed by atoms with van der Waals surface area (Å²) in [6.07, 6.45) is 51.4. The second-order valence-corrected chi connectivity index (χ2v) is 26.5. The van der Waals surface area contributed by atoms with Gasteiger partial charge in [0, 0.05) is 64.7 Å². The summed E-state index contributed by atoms with van der Waals surface area (Å²) < 4.78 is 103. The molecule has 9 heteroatoms. The van der Waals surface area contributed by atoms with Crippen LogP contribution in [0, 0.1) is 47.0 Å². The van der Waals surface area contributed by atoms with Crippen LogP contribution in [0.4, 0.5) is 43.4 Å². The average molecular weight is 1170 g/mol. The highest BCUT2D eigenvalue weighted by Crippen LogP contribution is 2.64. The van der Waals surface area contributed by atoms with Gasteiger partial charge in [-0.2, -0.15) is 0 Å². The molecule has 3 nitrogen and oxygen atoms in total. The lowest BCUT2D eigenvalue weighted by atomic mass is 9.58. The summed E-state index contributed by atoms with van der Waals surface area (Å²) in [5.41, 5.74) is 15.3. The maximum Gasteiger partial charge on any atom is 0.161 e. The molecule has 0 aromatic heterocycles. The Balaban J connectivity index is 0.806. The van der Waals surface area contributed by atoms with Gasteiger partial charge in [-0.25, -0.2) is 26.3 Å². The zero-order valence-electron chi connectivity index (χ0n) is 49.5. The minimum Gasteiger partial charge on any atom is -0.369 e. The topological polar surface area (TPSA) is 15.7 Å². The van der Waals surface area contributed by atoms with E-state index in [0.29, 0.717) is 23.9 Å². The van der Waals surface area contributed by atoms with Crippen LogP contribution in [0.25, 0.3) is 11.1 Å². The van der Waals surface area contributed by atoms with E-state index in [1.807, 2.05) is 30.4 Å². The Hall–Kier alpha value is -7.10. The maximum atomic E-state index is 17.0. The SMILES string of the molecule is C=CC1=CC=C(C2(C3C=CCCC3)C3=C(CCCC3)c3ccc(N(C4C=CC5C(C4)OC4C=C(N(c6ccc7c(c6)C(C6=CC=CCC6)(C6C=CC(C=C)CC6)C6=C7C=CCC6)c6cc(F)c(F)cc6F)C=CC45)C4CC(F)=C(F)CC4F)cc32)CC1. The van der Waals surface area contributed by atoms with Crippen LogP contribution in [0.1, 0.15) is 138 Å². The van der Waals surface area contributed by atoms with E-state index in [4.69, 9.17) is 4.74 Å². The van der Waals surface area contributed by atoms with Gasteiger partial charge in [-0.05, 0) is 201 Å². The monoisotopic (exact) mass is 1170 g/mol. The Morgan fingerprint density at radius 3 is 2.18 bits per heavy atom. The predicted octanol–water partition coefficient (Wildman–Crippen LogP) is 20.3. The standard InChI is InChI=1S/C78H76F6N2O/c1-3-47-23-27-51(28-24-47)77(49-15-7-5-8-16-49)63-21-13-11-19-57(63)59-35-31-53(39-65(59)77)85(73-45-69(81)67(79)43-71(73)83)55-33-37-61-62-38-34-56(42-76(62)87-75(61)41-55)86(74-46-70(82)68(80)44-72(74)84)54-32-36-60-58-20-12-14-22-64(58)78(66(60)40-54,50-17-9-6-10-18-50)52-29-25-48(4-2)26-30-52/h3-5,7,9,11,15,17,19,23,25,27,29,31-41,43,45,47,50-51,56,61-62,72,74-76H,1-2,6,8,10,12-14,16,18,20-22,24,26,28,30,42,44,46H2. The second kappa shape index (κ2) is 22.5. The summed E-state index contributed by atoms with van der Waals surface area (Å²) in [7, 11) is 0. The van der Waals surface area contributed by atoms with E-state index < -0.39 is 71.7 Å². The van der Waals surface area contributed by atoms with Crippen molar-refractivity contribution in [3.63, 3.8) is 0 Å². The molecule has 0 saturated carbocycles. The quantitative estimate of drug-likeness (QED) is 0.102. The lowest BCUT2D eigenvalue weighted by Crippen LogP contribution is -2.51. The summed E-state index contributed by atoms with van der Waals surface area (Å²) in [6, 6.07) is 13.1. The van der Waals surface area contributed by atoms with Crippen molar-refractivity contribution in [1.29, 1.82) is 0 Å². The van der Waals surface area contributed by atoms with Crippen molar-refractivity contribution in [1.82, 2.24) is 0 Å². The van der Waals surface area contributed by atoms with Crippen LogP contribution in [0.15, 0.2) is 216 Å². The molecule has 1 heterocycles. The minimum absolute atomic E-state index is 0.0984. The van der Waals surface area contributed by atoms with Crippen LogP contribution in [-0.4, -0.2) is 30.5 Å². The molecule has 446 valence electrons. The summed E-state index contributed by atoms with van der Waals surface area (Å²) in [4.78, 5) is 3.78. The van der Waals surface area contributed by atoms with Crippen LogP contribution >= 0.6 is 0 Å². The highest BCUT2D eigenvalue weighted by molar-refractivity contribution is 5.91. The third-order valence-electron chi connectivity index (χ3n) is 22.3. The molecule has 11 aliphatic carbocycles. The molecule has 15 rings (SSSR count). The Morgan fingerprint density at radius 2 is 1.39 bits per heavy atom. The van der Waals surface area contributed by atoms with Gasteiger partial charge in [-0.3, -0.25) is 0 Å². The van der Waals surface area contributed by atoms with E-state index in [1.54, 1.807) is 4.90 Å². The van der Waals surface area contributed by atoms with Crippen LogP contribution in [0.3, 0.4) is 0 Å². The fourth-order valence-corrected chi connectivity index (χ4v) is 18.4. The molecular weight excluding hydrogens is 1090 g/mol. The fourth-order valence-electron chi connectivity index (χ4n) is 18.4. The summed E-state index contributed by atoms with van der Waals surface area (Å²) in [6.45, 7) is 8.24. The first-order chi connectivity index (χ1) is 42.5. The van der Waals surface area contributed by atoms with Crippen molar-refractivity contribution >= 4 is 28.2 Å². The Morgan fingerprint density at radius 1 is 0.609 bits per heavy atom. The molecule has 1 saturated heterocycles. The van der Waals surface area contributed by atoms with Gasteiger partial charge in [0.05, 0.1) is 30.0 Å². The van der Waals surface area contributed by atoms with Crippen molar-refractivity contribution < 1.29 is 31.1 Å². The van der Waals surface area contributed by atoms with E-state index in [0.717, 1.165) is 119 Å². The molecule has 0 amide bonds. The van der Waals surface area contributed by atoms with E-state index in [1.165, 1.54) is 50.1 Å². The predicted molar refractivity (Wildman–Crippen MR) is 340 cm³/mol. The number of hydrogen-bond acceptors (Lipinski definition) is 3. The van der Waals surface area contributed by atoms with Gasteiger partial charge in [-0.15, -0.1) is 6.58 Å². The second-order valence-electron chi connectivity index (χ2n) is 26.5. The van der Waals surface area contributed by atoms with E-state index in [2.05, 4.69) is 133 Å². The molecular formula is C78H76F6N2O. The first kappa shape index (κ1) is 56.4. The van der Waals surface area contributed by atoms with Gasteiger partial charge in [0.2, 0.25) is 0 Å². The number of anilines is 3. The molecule has 0 N–H and O–H groups in total. The van der Waals surface area contributed by atoms with Crippen molar-refractivity contribution in [2.45, 2.75) is 157 Å². The number of allylic oxidation sites excluding steroid dienone is 22. The number of rotatable bonds is 12. The number of nitrogens with zero attached hydrogens (tertiary/aromatic N) is 2. The molecule has 1 fully saturated rings. The lowest BCUT2D eigenvalue weighted by Gasteiger charge is -2.46. The number of halogens is 6. The normalized spacial score (nSPS) is 32.8. The number of fused-ring (bicyclic) bond motifs is 7. The maximum absolute atomic E-state index is 17.0. The average Bonchev–Trinajstić information content (AvgIpc) is 1.60. The van der Waals surface area contributed by atoms with Crippen molar-refractivity contribution in [3.05, 3.63) is 256 Å². The van der Waals surface area contributed by atoms with Gasteiger partial charge >= 0.3 is 0 Å². The van der Waals surface area contributed by atoms with Crippen LogP contribution in [-0.2, 0) is 15.6 Å². The molecule has 12 atom stereocenters. The van der Waals surface area contributed by atoms with Gasteiger partial charge in [0.1, 0.15) is 23.6 Å². The Kier molecular flexibility index (Phi) is 14.6. The smallest absolute Gasteiger partial charge is 0.161 e. The Labute approximate surface area is 509 Å². The molecule has 0 bridgehead atoms. The zero-order valence-corrected chi connectivity index (χ0v) is 49.5. The van der Waals surface area contributed by atoms with Gasteiger partial charge < -0.3 is 14.5 Å². The highest BCUT2D eigenvalue weighted by Gasteiger charge is 2.55. The number of hydrogen-bond donors (Lipinski definition) is 0. The third-order valence-corrected chi connectivity index (χ3v) is 22.3. The largest absolute Gasteiger partial charge is 0.369 e. The molecule has 87 heavy (non-hydrogen) atoms. The van der Waals surface area contributed by atoms with Crippen molar-refractivity contribution in [2.75, 3.05) is 9.80 Å². The molecule has 12 aliphatic rings. The zero-order chi connectivity index (χ0) is 59.3. The van der Waals surface area contributed by atoms with Crippen LogP contribution < -0.4 is 9.80 Å². The van der Waals surface area contributed by atoms with Gasteiger partial charge in [-0.1, -0.05) is 133 Å². The fraction of sp³-hybridized carbons (Fsp3) is 0.385. The minimum atomic E-state index is -1.67. The van der Waals surface area contributed by atoms with Gasteiger partial charge in [0.25, 0.3) is 0 Å². The lowest BCUT2D eigenvalue weighted by molar-refractivity contribution is 0.0478. The van der Waals surface area contributed by atoms with Crippen molar-refractivity contribution in [3.8, 4) is 0 Å². The molecule has 0 spiro atoms. The number of ether oxygens (including phenoxy) is 1. The third kappa shape index (κ3) is 9.06. The molecule has 3 aromatic rings. The van der Waals surface area contributed by atoms with Crippen molar-refractivity contribution in [2.24, 2.45) is 29.6 Å². The van der Waals surface area contributed by atoms with Crippen LogP contribution in [0.2, 0.25) is 0 Å². The van der Waals surface area contributed by atoms with E-state index in [-0.39, 0.29) is 46.8 Å². The summed E-state index contributed by atoms with van der Waals surface area (Å²) >= 11 is 0. The molecule has 12 unspecified atom stereocenters. The van der Waals surface area contributed by atoms with E-state index in [9.17, 15) is 0 Å². The van der Waals surface area contributed by atoms with E-state index >= 15 is 26.3 Å². The van der Waals surface area contributed by atoms with Crippen LogP contribution in [0.5, 0.6) is 0 Å². The molecule has 0 radical (unpaired) electrons. The molecule has 1 aliphatic heterocycles. The number of alkyl halides is 1. The Bertz CT molecular complexity index is 3820. The summed E-state index contributed by atoms with van der Waals surface area (Å²) in [5.74, 6) is -4.85. The van der Waals surface area contributed by atoms with Gasteiger partial charge in [0.15, 0.2) is 11.6 Å². The first-order valence-electron chi connectivity index (χ1n) is 32.4.